The molecule has 0 fully saturated rings. The number of hydrogen-bond acceptors (Lipinski definition) is 2. The summed E-state index contributed by atoms with van der Waals surface area (Å²) in [5.74, 6) is -0.665. The molecular weight excluding hydrogens is 195 g/mol. The zero-order valence-corrected chi connectivity index (χ0v) is 8.79. The first kappa shape index (κ1) is 11.4. The molecule has 0 radical (unpaired) electrons. The Morgan fingerprint density at radius 3 is 2.53 bits per heavy atom. The summed E-state index contributed by atoms with van der Waals surface area (Å²) >= 11 is 0. The summed E-state index contributed by atoms with van der Waals surface area (Å²) in [6, 6.07) is 5.97. The molecule has 1 aromatic carbocycles. The van der Waals surface area contributed by atoms with E-state index in [1.54, 1.807) is 26.0 Å². The van der Waals surface area contributed by atoms with Crippen LogP contribution in [0.4, 0.5) is 4.39 Å². The van der Waals surface area contributed by atoms with Gasteiger partial charge in [-0.2, -0.15) is 0 Å². The van der Waals surface area contributed by atoms with Crippen molar-refractivity contribution in [1.29, 1.82) is 0 Å². The zero-order valence-electron chi connectivity index (χ0n) is 8.79. The van der Waals surface area contributed by atoms with Crippen LogP contribution in [0.3, 0.4) is 0 Å². The molecule has 80 valence electrons. The first-order chi connectivity index (χ1) is 7.13. The summed E-state index contributed by atoms with van der Waals surface area (Å²) in [6.45, 7) is 3.88. The molecule has 0 atom stereocenters. The number of allylic oxidation sites excluding steroid dienone is 1. The van der Waals surface area contributed by atoms with Crippen LogP contribution in [0.1, 0.15) is 19.4 Å². The van der Waals surface area contributed by atoms with E-state index in [9.17, 15) is 9.18 Å². The van der Waals surface area contributed by atoms with Gasteiger partial charge in [0.25, 0.3) is 0 Å². The smallest absolute Gasteiger partial charge is 0.331 e. The topological polar surface area (TPSA) is 26.3 Å². The minimum atomic E-state index is -0.376. The Bertz CT molecular complexity index is 366. The fraction of sp³-hybridized carbons (Fsp3) is 0.250. The van der Waals surface area contributed by atoms with Gasteiger partial charge < -0.3 is 4.74 Å². The Morgan fingerprint density at radius 1 is 1.40 bits per heavy atom. The van der Waals surface area contributed by atoms with Crippen LogP contribution >= 0.6 is 0 Å². The lowest BCUT2D eigenvalue weighted by molar-refractivity contribution is -0.137. The van der Waals surface area contributed by atoms with Crippen LogP contribution in [0.5, 0.6) is 0 Å². The van der Waals surface area contributed by atoms with Gasteiger partial charge in [0.15, 0.2) is 0 Å². The molecule has 0 amide bonds. The van der Waals surface area contributed by atoms with E-state index in [0.717, 1.165) is 11.1 Å². The van der Waals surface area contributed by atoms with Crippen LogP contribution in [0.15, 0.2) is 30.3 Å². The minimum Gasteiger partial charge on any atom is -0.463 e. The number of hydrogen-bond donors (Lipinski definition) is 0. The van der Waals surface area contributed by atoms with Gasteiger partial charge in [-0.3, -0.25) is 0 Å². The Balaban J connectivity index is 2.79. The molecule has 0 aromatic heterocycles. The maximum atomic E-state index is 12.6. The van der Waals surface area contributed by atoms with E-state index in [2.05, 4.69) is 0 Å². The van der Waals surface area contributed by atoms with E-state index in [1.807, 2.05) is 0 Å². The van der Waals surface area contributed by atoms with Gasteiger partial charge in [-0.25, -0.2) is 9.18 Å². The molecule has 0 spiro atoms. The molecule has 0 aliphatic carbocycles. The summed E-state index contributed by atoms with van der Waals surface area (Å²) in [5.41, 5.74) is 1.57. The quantitative estimate of drug-likeness (QED) is 0.564. The molecule has 2 nitrogen and oxygen atoms in total. The highest BCUT2D eigenvalue weighted by atomic mass is 19.1. The maximum Gasteiger partial charge on any atom is 0.331 e. The predicted octanol–water partition coefficient (Wildman–Crippen LogP) is 2.79. The van der Waals surface area contributed by atoms with Crippen molar-refractivity contribution < 1.29 is 13.9 Å². The van der Waals surface area contributed by atoms with Crippen molar-refractivity contribution >= 4 is 11.5 Å². The molecule has 0 heterocycles. The molecule has 0 aliphatic rings. The second kappa shape index (κ2) is 5.29. The molecule has 0 saturated carbocycles. The van der Waals surface area contributed by atoms with Crippen molar-refractivity contribution in [2.75, 3.05) is 6.61 Å². The second-order valence-corrected chi connectivity index (χ2v) is 3.09. The van der Waals surface area contributed by atoms with E-state index in [0.29, 0.717) is 6.61 Å². The van der Waals surface area contributed by atoms with E-state index in [4.69, 9.17) is 4.74 Å². The van der Waals surface area contributed by atoms with Gasteiger partial charge in [0.1, 0.15) is 5.82 Å². The average molecular weight is 208 g/mol. The Morgan fingerprint density at radius 2 is 2.00 bits per heavy atom. The molecule has 1 aromatic rings. The lowest BCUT2D eigenvalue weighted by atomic mass is 10.1. The highest BCUT2D eigenvalue weighted by Gasteiger charge is 2.00. The number of halogens is 1. The van der Waals surface area contributed by atoms with Crippen LogP contribution in [-0.2, 0) is 9.53 Å². The van der Waals surface area contributed by atoms with Crippen LogP contribution in [0, 0.1) is 5.82 Å². The van der Waals surface area contributed by atoms with Crippen molar-refractivity contribution in [3.8, 4) is 0 Å². The molecular formula is C12H13FO2. The van der Waals surface area contributed by atoms with Gasteiger partial charge >= 0.3 is 5.97 Å². The third-order valence-electron chi connectivity index (χ3n) is 1.92. The maximum absolute atomic E-state index is 12.6. The van der Waals surface area contributed by atoms with Crippen LogP contribution in [-0.4, -0.2) is 12.6 Å². The number of ether oxygens (including phenoxy) is 1. The number of carbonyl (C=O) groups excluding carboxylic acids is 1. The molecule has 0 bridgehead atoms. The normalized spacial score (nSPS) is 11.3. The largest absolute Gasteiger partial charge is 0.463 e. The number of rotatable bonds is 3. The average Bonchev–Trinajstić information content (AvgIpc) is 2.18. The number of carbonyl (C=O) groups is 1. The van der Waals surface area contributed by atoms with E-state index in [1.165, 1.54) is 18.2 Å². The van der Waals surface area contributed by atoms with Crippen molar-refractivity contribution in [2.45, 2.75) is 13.8 Å². The third kappa shape index (κ3) is 3.54. The predicted molar refractivity (Wildman–Crippen MR) is 56.7 cm³/mol. The number of benzene rings is 1. The molecule has 0 N–H and O–H groups in total. The van der Waals surface area contributed by atoms with Gasteiger partial charge in [0.05, 0.1) is 6.61 Å². The minimum absolute atomic E-state index is 0.289. The lowest BCUT2D eigenvalue weighted by Crippen LogP contribution is -2.00. The fourth-order valence-electron chi connectivity index (χ4n) is 1.16. The van der Waals surface area contributed by atoms with Crippen LogP contribution in [0.25, 0.3) is 5.57 Å². The van der Waals surface area contributed by atoms with Gasteiger partial charge in [-0.05, 0) is 37.1 Å². The molecule has 15 heavy (non-hydrogen) atoms. The van der Waals surface area contributed by atoms with Gasteiger partial charge in [0.2, 0.25) is 0 Å². The monoisotopic (exact) mass is 208 g/mol. The summed E-state index contributed by atoms with van der Waals surface area (Å²) in [5, 5.41) is 0. The number of esters is 1. The third-order valence-corrected chi connectivity index (χ3v) is 1.92. The molecule has 1 rings (SSSR count). The zero-order chi connectivity index (χ0) is 11.3. The van der Waals surface area contributed by atoms with Gasteiger partial charge in [-0.1, -0.05) is 12.1 Å². The van der Waals surface area contributed by atoms with Crippen molar-refractivity contribution in [3.63, 3.8) is 0 Å². The molecule has 3 heteroatoms. The van der Waals surface area contributed by atoms with Crippen molar-refractivity contribution in [1.82, 2.24) is 0 Å². The molecule has 0 unspecified atom stereocenters. The summed E-state index contributed by atoms with van der Waals surface area (Å²) < 4.78 is 17.4. The van der Waals surface area contributed by atoms with E-state index < -0.39 is 0 Å². The van der Waals surface area contributed by atoms with Crippen molar-refractivity contribution in [3.05, 3.63) is 41.7 Å². The Kier molecular flexibility index (Phi) is 4.03. The summed E-state index contributed by atoms with van der Waals surface area (Å²) in [7, 11) is 0. The molecule has 0 aliphatic heterocycles. The lowest BCUT2D eigenvalue weighted by Gasteiger charge is -2.01. The molecule has 0 saturated heterocycles. The van der Waals surface area contributed by atoms with Crippen molar-refractivity contribution in [2.24, 2.45) is 0 Å². The van der Waals surface area contributed by atoms with E-state index in [-0.39, 0.29) is 11.8 Å². The van der Waals surface area contributed by atoms with Gasteiger partial charge in [0, 0.05) is 6.08 Å². The first-order valence-corrected chi connectivity index (χ1v) is 4.74. The summed E-state index contributed by atoms with van der Waals surface area (Å²) in [6.07, 6.45) is 1.40. The van der Waals surface area contributed by atoms with Crippen LogP contribution in [0.2, 0.25) is 0 Å². The SMILES string of the molecule is CCOC(=O)/C=C(\C)c1ccc(F)cc1. The Hall–Kier alpha value is -1.64. The van der Waals surface area contributed by atoms with E-state index >= 15 is 0 Å². The highest BCUT2D eigenvalue weighted by molar-refractivity contribution is 5.90. The standard InChI is InChI=1S/C12H13FO2/c1-3-15-12(14)8-9(2)10-4-6-11(13)7-5-10/h4-8H,3H2,1-2H3/b9-8+. The van der Waals surface area contributed by atoms with Crippen LogP contribution < -0.4 is 0 Å². The van der Waals surface area contributed by atoms with Gasteiger partial charge in [-0.15, -0.1) is 0 Å². The summed E-state index contributed by atoms with van der Waals surface area (Å²) in [4.78, 5) is 11.1. The Labute approximate surface area is 88.4 Å². The highest BCUT2D eigenvalue weighted by Crippen LogP contribution is 2.13. The second-order valence-electron chi connectivity index (χ2n) is 3.09. The fourth-order valence-corrected chi connectivity index (χ4v) is 1.16. The first-order valence-electron chi connectivity index (χ1n) is 4.74.